The van der Waals surface area contributed by atoms with E-state index in [0.29, 0.717) is 17.9 Å². The normalized spacial score (nSPS) is 11.3. The number of aryl methyl sites for hydroxylation is 1. The Morgan fingerprint density at radius 2 is 2.00 bits per heavy atom. The van der Waals surface area contributed by atoms with E-state index in [1.165, 1.54) is 6.26 Å². The summed E-state index contributed by atoms with van der Waals surface area (Å²) in [5.74, 6) is 0.113. The predicted molar refractivity (Wildman–Crippen MR) is 77.5 cm³/mol. The van der Waals surface area contributed by atoms with Gasteiger partial charge < -0.3 is 10.4 Å². The smallest absolute Gasteiger partial charge is 0.175 e. The fraction of sp³-hybridized carbons (Fsp3) is 0.214. The molecule has 0 aliphatic heterocycles. The second-order valence-electron chi connectivity index (χ2n) is 4.57. The summed E-state index contributed by atoms with van der Waals surface area (Å²) >= 11 is 0. The summed E-state index contributed by atoms with van der Waals surface area (Å²) in [6.45, 7) is 2.16. The molecular weight excluding hydrogens is 276 g/mol. The number of anilines is 1. The van der Waals surface area contributed by atoms with E-state index in [-0.39, 0.29) is 10.6 Å². The van der Waals surface area contributed by atoms with Gasteiger partial charge in [0, 0.05) is 17.6 Å². The van der Waals surface area contributed by atoms with Crippen molar-refractivity contribution in [2.24, 2.45) is 0 Å². The fourth-order valence-electron chi connectivity index (χ4n) is 1.76. The Labute approximate surface area is 118 Å². The molecule has 0 spiro atoms. The molecule has 0 aliphatic carbocycles. The molecule has 5 nitrogen and oxygen atoms in total. The Bertz CT molecular complexity index is 727. The molecule has 0 atom stereocenters. The zero-order valence-electron chi connectivity index (χ0n) is 11.3. The van der Waals surface area contributed by atoms with Crippen LogP contribution >= 0.6 is 0 Å². The fourth-order valence-corrected chi connectivity index (χ4v) is 2.42. The summed E-state index contributed by atoms with van der Waals surface area (Å²) in [5, 5.41) is 12.8. The SMILES string of the molecule is Cc1ccc(O)c(CNc2cccc(S(C)(=O)=O)c2)n1. The number of aromatic nitrogens is 1. The molecule has 0 bridgehead atoms. The van der Waals surface area contributed by atoms with Crippen LogP contribution < -0.4 is 5.32 Å². The van der Waals surface area contributed by atoms with Gasteiger partial charge in [0.15, 0.2) is 9.84 Å². The van der Waals surface area contributed by atoms with Crippen LogP contribution in [0, 0.1) is 6.92 Å². The molecule has 0 radical (unpaired) electrons. The van der Waals surface area contributed by atoms with Crippen LogP contribution in [-0.4, -0.2) is 24.8 Å². The topological polar surface area (TPSA) is 79.3 Å². The molecule has 6 heteroatoms. The predicted octanol–water partition coefficient (Wildman–Crippen LogP) is 2.11. The molecule has 1 aromatic heterocycles. The summed E-state index contributed by atoms with van der Waals surface area (Å²) in [7, 11) is -3.23. The molecule has 0 saturated heterocycles. The average Bonchev–Trinajstić information content (AvgIpc) is 2.39. The second-order valence-corrected chi connectivity index (χ2v) is 6.59. The second kappa shape index (κ2) is 5.50. The first kappa shape index (κ1) is 14.3. The van der Waals surface area contributed by atoms with Crippen LogP contribution in [0.25, 0.3) is 0 Å². The van der Waals surface area contributed by atoms with Gasteiger partial charge in [-0.25, -0.2) is 8.42 Å². The van der Waals surface area contributed by atoms with Crippen LogP contribution in [0.5, 0.6) is 5.75 Å². The lowest BCUT2D eigenvalue weighted by molar-refractivity contribution is 0.464. The summed E-state index contributed by atoms with van der Waals surface area (Å²) in [4.78, 5) is 4.48. The Morgan fingerprint density at radius 1 is 1.25 bits per heavy atom. The first-order valence-electron chi connectivity index (χ1n) is 6.06. The van der Waals surface area contributed by atoms with Crippen molar-refractivity contribution < 1.29 is 13.5 Å². The monoisotopic (exact) mass is 292 g/mol. The lowest BCUT2D eigenvalue weighted by Crippen LogP contribution is -2.04. The van der Waals surface area contributed by atoms with E-state index < -0.39 is 9.84 Å². The van der Waals surface area contributed by atoms with Crippen molar-refractivity contribution in [2.75, 3.05) is 11.6 Å². The van der Waals surface area contributed by atoms with E-state index in [1.807, 2.05) is 6.92 Å². The standard InChI is InChI=1S/C14H16N2O3S/c1-10-6-7-14(17)13(16-10)9-15-11-4-3-5-12(8-11)20(2,18)19/h3-8,15,17H,9H2,1-2H3. The molecule has 2 N–H and O–H groups in total. The van der Waals surface area contributed by atoms with Gasteiger partial charge in [0.2, 0.25) is 0 Å². The molecule has 2 aromatic rings. The van der Waals surface area contributed by atoms with Crippen molar-refractivity contribution in [2.45, 2.75) is 18.4 Å². The number of nitrogens with zero attached hydrogens (tertiary/aromatic N) is 1. The number of benzene rings is 1. The lowest BCUT2D eigenvalue weighted by atomic mass is 10.2. The number of rotatable bonds is 4. The Balaban J connectivity index is 2.17. The number of nitrogens with one attached hydrogen (secondary N) is 1. The van der Waals surface area contributed by atoms with Crippen molar-refractivity contribution in [3.8, 4) is 5.75 Å². The highest BCUT2D eigenvalue weighted by atomic mass is 32.2. The van der Waals surface area contributed by atoms with Crippen molar-refractivity contribution in [3.63, 3.8) is 0 Å². The maximum Gasteiger partial charge on any atom is 0.175 e. The molecule has 0 aliphatic rings. The molecule has 1 aromatic carbocycles. The van der Waals surface area contributed by atoms with Gasteiger partial charge in [0.25, 0.3) is 0 Å². The van der Waals surface area contributed by atoms with E-state index in [4.69, 9.17) is 0 Å². The Kier molecular flexibility index (Phi) is 3.94. The quantitative estimate of drug-likeness (QED) is 0.902. The molecule has 106 valence electrons. The minimum Gasteiger partial charge on any atom is -0.506 e. The number of aromatic hydroxyl groups is 1. The lowest BCUT2D eigenvalue weighted by Gasteiger charge is -2.09. The molecule has 20 heavy (non-hydrogen) atoms. The first-order chi connectivity index (χ1) is 9.36. The van der Waals surface area contributed by atoms with Crippen LogP contribution in [0.1, 0.15) is 11.4 Å². The molecule has 0 fully saturated rings. The number of pyridine rings is 1. The van der Waals surface area contributed by atoms with Gasteiger partial charge in [-0.2, -0.15) is 0 Å². The molecule has 2 rings (SSSR count). The largest absolute Gasteiger partial charge is 0.506 e. The third kappa shape index (κ3) is 3.48. The minimum absolute atomic E-state index is 0.113. The van der Waals surface area contributed by atoms with Gasteiger partial charge in [0.05, 0.1) is 11.4 Å². The minimum atomic E-state index is -3.23. The number of hydrogen-bond acceptors (Lipinski definition) is 5. The number of sulfone groups is 1. The van der Waals surface area contributed by atoms with Crippen molar-refractivity contribution >= 4 is 15.5 Å². The third-order valence-electron chi connectivity index (χ3n) is 2.81. The van der Waals surface area contributed by atoms with E-state index in [0.717, 1.165) is 5.69 Å². The Hall–Kier alpha value is -2.08. The third-order valence-corrected chi connectivity index (χ3v) is 3.92. The zero-order valence-corrected chi connectivity index (χ0v) is 12.1. The van der Waals surface area contributed by atoms with E-state index >= 15 is 0 Å². The van der Waals surface area contributed by atoms with Gasteiger partial charge in [-0.05, 0) is 37.3 Å². The summed E-state index contributed by atoms with van der Waals surface area (Å²) in [6, 6.07) is 9.85. The zero-order chi connectivity index (χ0) is 14.8. The van der Waals surface area contributed by atoms with Crippen molar-refractivity contribution in [3.05, 3.63) is 47.8 Å². The van der Waals surface area contributed by atoms with Crippen LogP contribution in [0.4, 0.5) is 5.69 Å². The molecular formula is C14H16N2O3S. The average molecular weight is 292 g/mol. The summed E-state index contributed by atoms with van der Waals surface area (Å²) in [6.07, 6.45) is 1.17. The van der Waals surface area contributed by atoms with Gasteiger partial charge in [-0.15, -0.1) is 0 Å². The van der Waals surface area contributed by atoms with Gasteiger partial charge in [-0.3, -0.25) is 4.98 Å². The summed E-state index contributed by atoms with van der Waals surface area (Å²) in [5.41, 5.74) is 2.00. The Morgan fingerprint density at radius 3 is 2.70 bits per heavy atom. The van der Waals surface area contributed by atoms with Crippen LogP contribution in [-0.2, 0) is 16.4 Å². The van der Waals surface area contributed by atoms with Crippen LogP contribution in [0.15, 0.2) is 41.3 Å². The van der Waals surface area contributed by atoms with Gasteiger partial charge in [0.1, 0.15) is 11.4 Å². The number of hydrogen-bond donors (Lipinski definition) is 2. The van der Waals surface area contributed by atoms with E-state index in [2.05, 4.69) is 10.3 Å². The maximum atomic E-state index is 11.5. The molecule has 1 heterocycles. The van der Waals surface area contributed by atoms with Crippen molar-refractivity contribution in [1.82, 2.24) is 4.98 Å². The molecule has 0 amide bonds. The van der Waals surface area contributed by atoms with E-state index in [9.17, 15) is 13.5 Å². The maximum absolute atomic E-state index is 11.5. The first-order valence-corrected chi connectivity index (χ1v) is 7.95. The van der Waals surface area contributed by atoms with Crippen molar-refractivity contribution in [1.29, 1.82) is 0 Å². The highest BCUT2D eigenvalue weighted by molar-refractivity contribution is 7.90. The van der Waals surface area contributed by atoms with Gasteiger partial charge >= 0.3 is 0 Å². The van der Waals surface area contributed by atoms with Gasteiger partial charge in [-0.1, -0.05) is 6.07 Å². The van der Waals surface area contributed by atoms with Crippen LogP contribution in [0.2, 0.25) is 0 Å². The highest BCUT2D eigenvalue weighted by Crippen LogP contribution is 2.19. The highest BCUT2D eigenvalue weighted by Gasteiger charge is 2.08. The molecule has 0 unspecified atom stereocenters. The van der Waals surface area contributed by atoms with E-state index in [1.54, 1.807) is 36.4 Å². The summed E-state index contributed by atoms with van der Waals surface area (Å²) < 4.78 is 23.0. The van der Waals surface area contributed by atoms with Crippen LogP contribution in [0.3, 0.4) is 0 Å². The molecule has 0 saturated carbocycles.